The van der Waals surface area contributed by atoms with Gasteiger partial charge in [-0.3, -0.25) is 4.79 Å². The van der Waals surface area contributed by atoms with Gasteiger partial charge >= 0.3 is 5.97 Å². The number of rotatable bonds is 5. The lowest BCUT2D eigenvalue weighted by atomic mass is 10.1. The van der Waals surface area contributed by atoms with Crippen LogP contribution in [0.15, 0.2) is 0 Å². The molecular weight excluding hydrogens is 208 g/mol. The highest BCUT2D eigenvalue weighted by molar-refractivity contribution is 7.89. The van der Waals surface area contributed by atoms with Gasteiger partial charge in [0.25, 0.3) is 0 Å². The van der Waals surface area contributed by atoms with Gasteiger partial charge in [0.1, 0.15) is 0 Å². The number of carboxylic acids is 1. The number of hydrogen-bond donors (Lipinski definition) is 2. The molecule has 0 heterocycles. The molecule has 0 bridgehead atoms. The largest absolute Gasteiger partial charge is 0.481 e. The molecule has 0 unspecified atom stereocenters. The number of aliphatic carboxylic acids is 1. The van der Waals surface area contributed by atoms with E-state index in [0.29, 0.717) is 12.8 Å². The molecule has 0 radical (unpaired) electrons. The quantitative estimate of drug-likeness (QED) is 0.634. The predicted molar refractivity (Wildman–Crippen MR) is 46.7 cm³/mol. The average molecular weight is 218 g/mol. The van der Waals surface area contributed by atoms with Crippen molar-refractivity contribution in [2.24, 2.45) is 5.41 Å². The van der Waals surface area contributed by atoms with E-state index in [9.17, 15) is 13.2 Å². The highest BCUT2D eigenvalue weighted by Crippen LogP contribution is 2.45. The third-order valence-electron chi connectivity index (χ3n) is 2.19. The molecule has 0 amide bonds. The van der Waals surface area contributed by atoms with Crippen molar-refractivity contribution in [1.29, 1.82) is 5.26 Å². The van der Waals surface area contributed by atoms with E-state index < -0.39 is 27.2 Å². The van der Waals surface area contributed by atoms with Gasteiger partial charge in [-0.05, 0) is 12.8 Å². The van der Waals surface area contributed by atoms with Crippen molar-refractivity contribution in [2.75, 3.05) is 12.3 Å². The number of sulfonamides is 1. The van der Waals surface area contributed by atoms with Gasteiger partial charge in [0.05, 0.1) is 11.5 Å². The van der Waals surface area contributed by atoms with Crippen molar-refractivity contribution in [2.45, 2.75) is 12.8 Å². The Kier molecular flexibility index (Phi) is 2.78. The van der Waals surface area contributed by atoms with Crippen LogP contribution in [0.5, 0.6) is 0 Å². The van der Waals surface area contributed by atoms with Crippen LogP contribution in [0, 0.1) is 16.7 Å². The molecule has 1 rings (SSSR count). The van der Waals surface area contributed by atoms with Crippen LogP contribution in [-0.4, -0.2) is 31.8 Å². The second-order valence-corrected chi connectivity index (χ2v) is 5.13. The van der Waals surface area contributed by atoms with Crippen molar-refractivity contribution >= 4 is 16.0 Å². The van der Waals surface area contributed by atoms with Crippen LogP contribution in [0.4, 0.5) is 0 Å². The third kappa shape index (κ3) is 2.43. The average Bonchev–Trinajstić information content (AvgIpc) is 2.81. The summed E-state index contributed by atoms with van der Waals surface area (Å²) in [5.74, 6) is -1.62. The standard InChI is InChI=1S/C7H10N2O4S/c8-3-4-14(12,13)9-5-7(1-2-7)6(10)11/h9H,1-2,4-5H2,(H,10,11). The fraction of sp³-hybridized carbons (Fsp3) is 0.714. The van der Waals surface area contributed by atoms with E-state index in [4.69, 9.17) is 10.4 Å². The Hall–Kier alpha value is -1.13. The first-order valence-electron chi connectivity index (χ1n) is 4.00. The van der Waals surface area contributed by atoms with E-state index in [1.165, 1.54) is 6.07 Å². The zero-order valence-corrected chi connectivity index (χ0v) is 8.17. The number of hydrogen-bond acceptors (Lipinski definition) is 4. The summed E-state index contributed by atoms with van der Waals surface area (Å²) in [7, 11) is -3.63. The lowest BCUT2D eigenvalue weighted by Crippen LogP contribution is -2.35. The van der Waals surface area contributed by atoms with E-state index in [-0.39, 0.29) is 6.54 Å². The molecule has 1 fully saturated rings. The van der Waals surface area contributed by atoms with E-state index in [0.717, 1.165) is 0 Å². The molecule has 0 aliphatic heterocycles. The van der Waals surface area contributed by atoms with Crippen molar-refractivity contribution in [3.8, 4) is 6.07 Å². The molecule has 0 atom stereocenters. The summed E-state index contributed by atoms with van der Waals surface area (Å²) in [6.45, 7) is -0.119. The monoisotopic (exact) mass is 218 g/mol. The smallest absolute Gasteiger partial charge is 0.310 e. The minimum Gasteiger partial charge on any atom is -0.481 e. The number of carbonyl (C=O) groups is 1. The summed E-state index contributed by atoms with van der Waals surface area (Å²) in [6, 6.07) is 1.50. The van der Waals surface area contributed by atoms with Crippen LogP contribution < -0.4 is 4.72 Å². The van der Waals surface area contributed by atoms with E-state index in [2.05, 4.69) is 4.72 Å². The SMILES string of the molecule is N#CCS(=O)(=O)NCC1(C(=O)O)CC1. The summed E-state index contributed by atoms with van der Waals surface area (Å²) in [5.41, 5.74) is -0.928. The van der Waals surface area contributed by atoms with Gasteiger partial charge in [-0.2, -0.15) is 5.26 Å². The van der Waals surface area contributed by atoms with Crippen molar-refractivity contribution in [3.63, 3.8) is 0 Å². The molecule has 0 aromatic heterocycles. The molecule has 0 saturated heterocycles. The van der Waals surface area contributed by atoms with Gasteiger partial charge in [-0.25, -0.2) is 13.1 Å². The van der Waals surface area contributed by atoms with Crippen LogP contribution in [0.2, 0.25) is 0 Å². The number of nitriles is 1. The molecule has 2 N–H and O–H groups in total. The highest BCUT2D eigenvalue weighted by atomic mass is 32.2. The summed E-state index contributed by atoms with van der Waals surface area (Å²) in [5, 5.41) is 16.9. The van der Waals surface area contributed by atoms with E-state index >= 15 is 0 Å². The van der Waals surface area contributed by atoms with Gasteiger partial charge in [0.15, 0.2) is 5.75 Å². The molecule has 14 heavy (non-hydrogen) atoms. The Balaban J connectivity index is 2.50. The number of carboxylic acid groups (broad SMARTS) is 1. The first-order chi connectivity index (χ1) is 6.42. The Morgan fingerprint density at radius 1 is 1.57 bits per heavy atom. The van der Waals surface area contributed by atoms with Crippen LogP contribution in [0.25, 0.3) is 0 Å². The first-order valence-corrected chi connectivity index (χ1v) is 5.65. The van der Waals surface area contributed by atoms with Gasteiger partial charge in [0, 0.05) is 6.54 Å². The van der Waals surface area contributed by atoms with Crippen molar-refractivity contribution in [1.82, 2.24) is 4.72 Å². The maximum atomic E-state index is 11.0. The van der Waals surface area contributed by atoms with Gasteiger partial charge in [0.2, 0.25) is 10.0 Å². The molecule has 0 aromatic rings. The maximum Gasteiger partial charge on any atom is 0.310 e. The van der Waals surface area contributed by atoms with E-state index in [1.54, 1.807) is 0 Å². The first kappa shape index (κ1) is 10.9. The van der Waals surface area contributed by atoms with E-state index in [1.807, 2.05) is 0 Å². The molecule has 7 heteroatoms. The summed E-state index contributed by atoms with van der Waals surface area (Å²) in [4.78, 5) is 10.7. The summed E-state index contributed by atoms with van der Waals surface area (Å²) < 4.78 is 24.1. The maximum absolute atomic E-state index is 11.0. The Labute approximate surface area is 81.6 Å². The van der Waals surface area contributed by atoms with Crippen molar-refractivity contribution < 1.29 is 18.3 Å². The molecule has 1 aliphatic carbocycles. The zero-order chi connectivity index (χ0) is 10.8. The molecule has 0 aromatic carbocycles. The molecule has 1 saturated carbocycles. The van der Waals surface area contributed by atoms with Gasteiger partial charge in [-0.15, -0.1) is 0 Å². The Morgan fingerprint density at radius 2 is 2.14 bits per heavy atom. The third-order valence-corrected chi connectivity index (χ3v) is 3.29. The topological polar surface area (TPSA) is 107 Å². The fourth-order valence-electron chi connectivity index (χ4n) is 1.00. The van der Waals surface area contributed by atoms with Crippen LogP contribution in [0.1, 0.15) is 12.8 Å². The number of nitrogens with zero attached hydrogens (tertiary/aromatic N) is 1. The molecule has 1 aliphatic rings. The van der Waals surface area contributed by atoms with Gasteiger partial charge in [-0.1, -0.05) is 0 Å². The predicted octanol–water partition coefficient (Wildman–Crippen LogP) is -0.706. The van der Waals surface area contributed by atoms with Crippen LogP contribution >= 0.6 is 0 Å². The second kappa shape index (κ2) is 3.55. The summed E-state index contributed by atoms with van der Waals surface area (Å²) >= 11 is 0. The van der Waals surface area contributed by atoms with Crippen molar-refractivity contribution in [3.05, 3.63) is 0 Å². The molecular formula is C7H10N2O4S. The lowest BCUT2D eigenvalue weighted by Gasteiger charge is -2.09. The normalized spacial score (nSPS) is 18.5. The molecule has 6 nitrogen and oxygen atoms in total. The van der Waals surface area contributed by atoms with Crippen LogP contribution in [-0.2, 0) is 14.8 Å². The van der Waals surface area contributed by atoms with Gasteiger partial charge < -0.3 is 5.11 Å². The summed E-state index contributed by atoms with van der Waals surface area (Å²) in [6.07, 6.45) is 0.967. The minimum absolute atomic E-state index is 0.119. The minimum atomic E-state index is -3.63. The second-order valence-electron chi connectivity index (χ2n) is 3.32. The lowest BCUT2D eigenvalue weighted by molar-refractivity contribution is -0.142. The number of nitrogens with one attached hydrogen (secondary N) is 1. The fourth-order valence-corrected chi connectivity index (χ4v) is 1.77. The molecule has 0 spiro atoms. The highest BCUT2D eigenvalue weighted by Gasteiger charge is 2.50. The Morgan fingerprint density at radius 3 is 2.50 bits per heavy atom. The Bertz CT molecular complexity index is 377. The zero-order valence-electron chi connectivity index (χ0n) is 7.36. The van der Waals surface area contributed by atoms with Crippen LogP contribution in [0.3, 0.4) is 0 Å². The molecule has 78 valence electrons.